The number of nitrogens with one attached hydrogen (secondary N) is 4. The molecule has 4 N–H and O–H groups in total. The Kier molecular flexibility index (Phi) is 13.1. The standard InChI is InChI=1S/C34H57N5O7S/c1-8-17-35-30(42)27(40)25(18-23-13-12-14-23)36-29(41)26-19-24(22(2)3)20-39(26)31(43)28(33(4,5)6)37-32(44)38-34(21-47(7,45)46)15-10-9-11-16-34/h8,22-26,28H,1,9-21H2,2-7H3,(H,35,42)(H,36,41)(H2,37,38,44)/t24-,25?,26+,28-/m1/s1. The fraction of sp³-hybridized carbons (Fsp3) is 0.794. The van der Waals surface area contributed by atoms with Gasteiger partial charge in [0.05, 0.1) is 17.3 Å². The topological polar surface area (TPSA) is 171 Å². The predicted molar refractivity (Wildman–Crippen MR) is 181 cm³/mol. The van der Waals surface area contributed by atoms with Crippen molar-refractivity contribution in [2.24, 2.45) is 23.2 Å². The number of likely N-dealkylation sites (tertiary alicyclic amines) is 1. The van der Waals surface area contributed by atoms with Gasteiger partial charge in [-0.1, -0.05) is 79.2 Å². The quantitative estimate of drug-likeness (QED) is 0.162. The third-order valence-electron chi connectivity index (χ3n) is 10.0. The van der Waals surface area contributed by atoms with Crippen LogP contribution in [0.2, 0.25) is 0 Å². The Hall–Kier alpha value is -2.96. The summed E-state index contributed by atoms with van der Waals surface area (Å²) in [5, 5.41) is 11.1. The lowest BCUT2D eigenvalue weighted by Gasteiger charge is -2.40. The summed E-state index contributed by atoms with van der Waals surface area (Å²) < 4.78 is 24.6. The smallest absolute Gasteiger partial charge is 0.315 e. The number of nitrogens with zero attached hydrogens (tertiary/aromatic N) is 1. The summed E-state index contributed by atoms with van der Waals surface area (Å²) in [6, 6.07) is -3.57. The van der Waals surface area contributed by atoms with Gasteiger partial charge in [0, 0.05) is 19.3 Å². The lowest BCUT2D eigenvalue weighted by atomic mass is 9.80. The van der Waals surface area contributed by atoms with Crippen molar-refractivity contribution in [2.45, 2.75) is 122 Å². The minimum atomic E-state index is -3.39. The first-order valence-electron chi connectivity index (χ1n) is 17.2. The summed E-state index contributed by atoms with van der Waals surface area (Å²) in [5.74, 6) is -2.23. The number of carbonyl (C=O) groups excluding carboxylic acids is 5. The molecule has 3 rings (SSSR count). The van der Waals surface area contributed by atoms with Gasteiger partial charge in [0.1, 0.15) is 21.9 Å². The summed E-state index contributed by atoms with van der Waals surface area (Å²) in [5.41, 5.74) is -1.67. The van der Waals surface area contributed by atoms with E-state index in [1.54, 1.807) is 0 Å². The summed E-state index contributed by atoms with van der Waals surface area (Å²) in [4.78, 5) is 69.1. The molecule has 2 aliphatic carbocycles. The summed E-state index contributed by atoms with van der Waals surface area (Å²) in [7, 11) is -3.39. The van der Waals surface area contributed by atoms with Gasteiger partial charge >= 0.3 is 6.03 Å². The molecule has 0 aromatic carbocycles. The van der Waals surface area contributed by atoms with Gasteiger partial charge in [-0.15, -0.1) is 6.58 Å². The number of ketones is 1. The van der Waals surface area contributed by atoms with Crippen LogP contribution in [0.1, 0.15) is 98.8 Å². The molecule has 13 heteroatoms. The molecule has 2 saturated carbocycles. The van der Waals surface area contributed by atoms with Gasteiger partial charge in [-0.25, -0.2) is 13.2 Å². The van der Waals surface area contributed by atoms with Crippen LogP contribution in [0.25, 0.3) is 0 Å². The van der Waals surface area contributed by atoms with Crippen LogP contribution in [0, 0.1) is 23.2 Å². The van der Waals surface area contributed by atoms with E-state index in [4.69, 9.17) is 0 Å². The Morgan fingerprint density at radius 2 is 1.64 bits per heavy atom. The number of hydrogen-bond acceptors (Lipinski definition) is 7. The molecule has 4 atom stereocenters. The Bertz CT molecular complexity index is 1280. The minimum Gasteiger partial charge on any atom is -0.346 e. The summed E-state index contributed by atoms with van der Waals surface area (Å²) >= 11 is 0. The maximum atomic E-state index is 14.4. The summed E-state index contributed by atoms with van der Waals surface area (Å²) in [6.07, 6.45) is 9.82. The second-order valence-corrected chi connectivity index (χ2v) is 17.7. The summed E-state index contributed by atoms with van der Waals surface area (Å²) in [6.45, 7) is 13.5. The zero-order chi connectivity index (χ0) is 35.2. The molecule has 0 bridgehead atoms. The van der Waals surface area contributed by atoms with Crippen LogP contribution in [-0.2, 0) is 29.0 Å². The second kappa shape index (κ2) is 16.0. The van der Waals surface area contributed by atoms with E-state index in [9.17, 15) is 32.4 Å². The second-order valence-electron chi connectivity index (χ2n) is 15.5. The van der Waals surface area contributed by atoms with E-state index in [1.165, 1.54) is 11.0 Å². The van der Waals surface area contributed by atoms with E-state index in [1.807, 2.05) is 34.6 Å². The Morgan fingerprint density at radius 3 is 2.15 bits per heavy atom. The third kappa shape index (κ3) is 10.8. The van der Waals surface area contributed by atoms with Crippen LogP contribution in [0.4, 0.5) is 4.79 Å². The molecule has 0 spiro atoms. The van der Waals surface area contributed by atoms with E-state index >= 15 is 0 Å². The molecular weight excluding hydrogens is 622 g/mol. The zero-order valence-corrected chi connectivity index (χ0v) is 30.0. The molecule has 12 nitrogen and oxygen atoms in total. The number of rotatable bonds is 14. The van der Waals surface area contributed by atoms with Crippen LogP contribution in [-0.4, -0.2) is 91.6 Å². The number of carbonyl (C=O) groups is 5. The molecule has 0 aromatic heterocycles. The number of Topliss-reactive ketones (excluding diaryl/α,β-unsaturated/α-hetero) is 1. The average molecular weight is 680 g/mol. The van der Waals surface area contributed by atoms with Gasteiger partial charge in [0.25, 0.3) is 5.91 Å². The molecule has 47 heavy (non-hydrogen) atoms. The molecule has 1 saturated heterocycles. The fourth-order valence-corrected chi connectivity index (χ4v) is 8.44. The molecular formula is C34H57N5O7S. The van der Waals surface area contributed by atoms with Crippen molar-refractivity contribution in [1.82, 2.24) is 26.2 Å². The highest BCUT2D eigenvalue weighted by Gasteiger charge is 2.47. The lowest BCUT2D eigenvalue weighted by molar-refractivity contribution is -0.144. The van der Waals surface area contributed by atoms with Gasteiger partial charge in [-0.3, -0.25) is 19.2 Å². The molecule has 266 valence electrons. The molecule has 1 aliphatic heterocycles. The van der Waals surface area contributed by atoms with Gasteiger partial charge < -0.3 is 26.2 Å². The monoisotopic (exact) mass is 679 g/mol. The van der Waals surface area contributed by atoms with Gasteiger partial charge in [0.2, 0.25) is 17.6 Å². The van der Waals surface area contributed by atoms with Crippen molar-refractivity contribution in [2.75, 3.05) is 25.1 Å². The van der Waals surface area contributed by atoms with Gasteiger partial charge in [-0.05, 0) is 48.9 Å². The van der Waals surface area contributed by atoms with Crippen LogP contribution >= 0.6 is 0 Å². The SMILES string of the molecule is C=CCNC(=O)C(=O)C(CC1CCC1)NC(=O)[C@@H]1C[C@@H](C(C)C)CN1C(=O)[C@@H](NC(=O)NC1(CS(C)(=O)=O)CCCCC1)C(C)(C)C. The molecule has 1 unspecified atom stereocenters. The van der Waals surface area contributed by atoms with Crippen molar-refractivity contribution < 1.29 is 32.4 Å². The van der Waals surface area contributed by atoms with Gasteiger partial charge in [0.15, 0.2) is 0 Å². The maximum Gasteiger partial charge on any atom is 0.315 e. The van der Waals surface area contributed by atoms with E-state index in [0.29, 0.717) is 32.2 Å². The molecule has 1 heterocycles. The number of urea groups is 1. The van der Waals surface area contributed by atoms with E-state index < -0.39 is 68.5 Å². The lowest BCUT2D eigenvalue weighted by Crippen LogP contribution is -2.63. The normalized spacial score (nSPS) is 22.8. The first-order valence-corrected chi connectivity index (χ1v) is 19.2. The van der Waals surface area contributed by atoms with E-state index in [-0.39, 0.29) is 30.1 Å². The van der Waals surface area contributed by atoms with Crippen molar-refractivity contribution >= 4 is 39.4 Å². The fourth-order valence-electron chi connectivity index (χ4n) is 7.07. The third-order valence-corrected chi connectivity index (χ3v) is 11.1. The highest BCUT2D eigenvalue weighted by Crippen LogP contribution is 2.34. The van der Waals surface area contributed by atoms with Crippen molar-refractivity contribution in [3.05, 3.63) is 12.7 Å². The minimum absolute atomic E-state index is 0.00101. The molecule has 0 radical (unpaired) electrons. The number of hydrogen-bond donors (Lipinski definition) is 4. The van der Waals surface area contributed by atoms with Crippen LogP contribution < -0.4 is 21.3 Å². The maximum absolute atomic E-state index is 14.4. The van der Waals surface area contributed by atoms with Crippen LogP contribution in [0.15, 0.2) is 12.7 Å². The molecule has 3 fully saturated rings. The zero-order valence-electron chi connectivity index (χ0n) is 29.2. The van der Waals surface area contributed by atoms with E-state index in [2.05, 4.69) is 27.8 Å². The Balaban J connectivity index is 1.84. The molecule has 3 aliphatic rings. The highest BCUT2D eigenvalue weighted by molar-refractivity contribution is 7.90. The number of sulfone groups is 1. The predicted octanol–water partition coefficient (Wildman–Crippen LogP) is 2.87. The van der Waals surface area contributed by atoms with E-state index in [0.717, 1.165) is 44.8 Å². The largest absolute Gasteiger partial charge is 0.346 e. The molecule has 5 amide bonds. The van der Waals surface area contributed by atoms with Crippen LogP contribution in [0.5, 0.6) is 0 Å². The van der Waals surface area contributed by atoms with Gasteiger partial charge in [-0.2, -0.15) is 0 Å². The van der Waals surface area contributed by atoms with Crippen molar-refractivity contribution in [3.63, 3.8) is 0 Å². The Morgan fingerprint density at radius 1 is 1.00 bits per heavy atom. The highest BCUT2D eigenvalue weighted by atomic mass is 32.2. The first kappa shape index (κ1) is 38.5. The molecule has 0 aromatic rings. The average Bonchev–Trinajstić information content (AvgIpc) is 3.40. The Labute approximate surface area is 280 Å². The van der Waals surface area contributed by atoms with Crippen molar-refractivity contribution in [3.8, 4) is 0 Å². The van der Waals surface area contributed by atoms with Crippen LogP contribution in [0.3, 0.4) is 0 Å². The van der Waals surface area contributed by atoms with Crippen molar-refractivity contribution in [1.29, 1.82) is 0 Å². The first-order chi connectivity index (χ1) is 21.9. The number of amides is 5.